The maximum absolute atomic E-state index is 13.1. The summed E-state index contributed by atoms with van der Waals surface area (Å²) in [4.78, 5) is 24.2. The molecular formula is C18H24FNO3. The van der Waals surface area contributed by atoms with Crippen LogP contribution in [0.1, 0.15) is 50.4 Å². The number of esters is 1. The van der Waals surface area contributed by atoms with Crippen molar-refractivity contribution in [2.45, 2.75) is 52.2 Å². The third kappa shape index (κ3) is 4.53. The molecule has 2 rings (SSSR count). The van der Waals surface area contributed by atoms with Gasteiger partial charge in [0.05, 0.1) is 5.56 Å². The molecule has 1 aromatic rings. The van der Waals surface area contributed by atoms with Crippen LogP contribution in [0.2, 0.25) is 0 Å². The lowest BCUT2D eigenvalue weighted by Gasteiger charge is -2.35. The third-order valence-corrected chi connectivity index (χ3v) is 4.75. The van der Waals surface area contributed by atoms with Gasteiger partial charge < -0.3 is 10.1 Å². The van der Waals surface area contributed by atoms with Gasteiger partial charge in [0.1, 0.15) is 5.82 Å². The lowest BCUT2D eigenvalue weighted by molar-refractivity contribution is -0.130. The predicted octanol–water partition coefficient (Wildman–Crippen LogP) is 3.31. The van der Waals surface area contributed by atoms with E-state index in [1.165, 1.54) is 31.5 Å². The highest BCUT2D eigenvalue weighted by Gasteiger charge is 2.30. The first-order valence-corrected chi connectivity index (χ1v) is 8.15. The Morgan fingerprint density at radius 1 is 1.30 bits per heavy atom. The van der Waals surface area contributed by atoms with E-state index in [4.69, 9.17) is 4.74 Å². The quantitative estimate of drug-likeness (QED) is 0.866. The molecule has 0 aromatic heterocycles. The number of halogens is 1. The molecular weight excluding hydrogens is 297 g/mol. The van der Waals surface area contributed by atoms with Crippen LogP contribution in [0, 0.1) is 17.7 Å². The molecule has 5 heteroatoms. The lowest BCUT2D eigenvalue weighted by Crippen LogP contribution is -2.47. The summed E-state index contributed by atoms with van der Waals surface area (Å²) >= 11 is 0. The van der Waals surface area contributed by atoms with Crippen LogP contribution in [0.3, 0.4) is 0 Å². The van der Waals surface area contributed by atoms with Crippen LogP contribution in [0.15, 0.2) is 24.3 Å². The molecule has 0 bridgehead atoms. The van der Waals surface area contributed by atoms with E-state index in [-0.39, 0.29) is 17.5 Å². The number of ether oxygens (including phenoxy) is 1. The fourth-order valence-electron chi connectivity index (χ4n) is 2.98. The number of nitrogens with one attached hydrogen (secondary N) is 1. The van der Waals surface area contributed by atoms with Gasteiger partial charge in [-0.1, -0.05) is 32.8 Å². The Kier molecular flexibility index (Phi) is 5.74. The lowest BCUT2D eigenvalue weighted by atomic mass is 9.78. The second-order valence-corrected chi connectivity index (χ2v) is 6.44. The number of carbonyl (C=O) groups is 2. The van der Waals surface area contributed by atoms with E-state index in [0.717, 1.165) is 18.9 Å². The van der Waals surface area contributed by atoms with Crippen molar-refractivity contribution in [3.8, 4) is 0 Å². The van der Waals surface area contributed by atoms with E-state index >= 15 is 0 Å². The number of carbonyl (C=O) groups excluding carboxylic acids is 2. The zero-order valence-corrected chi connectivity index (χ0v) is 13.8. The topological polar surface area (TPSA) is 55.4 Å². The molecule has 1 aromatic carbocycles. The Morgan fingerprint density at radius 3 is 2.74 bits per heavy atom. The minimum atomic E-state index is -0.907. The Morgan fingerprint density at radius 2 is 2.04 bits per heavy atom. The van der Waals surface area contributed by atoms with Gasteiger partial charge in [0.15, 0.2) is 6.10 Å². The molecule has 0 spiro atoms. The Hall–Kier alpha value is -1.91. The van der Waals surface area contributed by atoms with Gasteiger partial charge in [0.25, 0.3) is 5.91 Å². The summed E-state index contributed by atoms with van der Waals surface area (Å²) in [7, 11) is 0. The van der Waals surface area contributed by atoms with Crippen molar-refractivity contribution in [3.05, 3.63) is 35.6 Å². The number of benzene rings is 1. The summed E-state index contributed by atoms with van der Waals surface area (Å²) in [6.07, 6.45) is 2.31. The van der Waals surface area contributed by atoms with Crippen LogP contribution < -0.4 is 5.32 Å². The number of hydrogen-bond donors (Lipinski definition) is 1. The monoisotopic (exact) mass is 321 g/mol. The minimum absolute atomic E-state index is 0.101. The van der Waals surface area contributed by atoms with Gasteiger partial charge >= 0.3 is 5.97 Å². The van der Waals surface area contributed by atoms with Gasteiger partial charge in [0.2, 0.25) is 0 Å². The summed E-state index contributed by atoms with van der Waals surface area (Å²) in [5, 5.41) is 2.98. The van der Waals surface area contributed by atoms with Gasteiger partial charge in [-0.05, 0) is 43.4 Å². The van der Waals surface area contributed by atoms with Crippen molar-refractivity contribution in [2.24, 2.45) is 11.8 Å². The zero-order valence-electron chi connectivity index (χ0n) is 13.8. The molecule has 1 fully saturated rings. The third-order valence-electron chi connectivity index (χ3n) is 4.75. The summed E-state index contributed by atoms with van der Waals surface area (Å²) in [6, 6.07) is 5.35. The molecule has 0 heterocycles. The second-order valence-electron chi connectivity index (χ2n) is 6.44. The van der Waals surface area contributed by atoms with Crippen LogP contribution in [-0.2, 0) is 9.53 Å². The zero-order chi connectivity index (χ0) is 17.0. The van der Waals surface area contributed by atoms with Crippen LogP contribution in [-0.4, -0.2) is 24.0 Å². The molecule has 0 saturated heterocycles. The molecule has 23 heavy (non-hydrogen) atoms. The van der Waals surface area contributed by atoms with Crippen molar-refractivity contribution >= 4 is 11.9 Å². The molecule has 0 aliphatic heterocycles. The van der Waals surface area contributed by atoms with Crippen LogP contribution in [0.5, 0.6) is 0 Å². The van der Waals surface area contributed by atoms with Crippen LogP contribution in [0.4, 0.5) is 4.39 Å². The molecule has 1 aliphatic rings. The smallest absolute Gasteiger partial charge is 0.339 e. The van der Waals surface area contributed by atoms with Gasteiger partial charge in [-0.15, -0.1) is 0 Å². The molecule has 4 nitrogen and oxygen atoms in total. The first-order chi connectivity index (χ1) is 10.9. The largest absolute Gasteiger partial charge is 0.449 e. The van der Waals surface area contributed by atoms with Crippen LogP contribution in [0.25, 0.3) is 0 Å². The highest BCUT2D eigenvalue weighted by Crippen LogP contribution is 2.29. The summed E-state index contributed by atoms with van der Waals surface area (Å²) in [6.45, 7) is 5.86. The molecule has 1 amide bonds. The van der Waals surface area contributed by atoms with Crippen molar-refractivity contribution < 1.29 is 18.7 Å². The number of rotatable bonds is 4. The Balaban J connectivity index is 1.91. The first kappa shape index (κ1) is 17.4. The average Bonchev–Trinajstić information content (AvgIpc) is 2.51. The normalized spacial score (nSPS) is 25.5. The molecule has 126 valence electrons. The summed E-state index contributed by atoms with van der Waals surface area (Å²) in [5.74, 6) is -0.544. The van der Waals surface area contributed by atoms with Crippen molar-refractivity contribution in [2.75, 3.05) is 0 Å². The van der Waals surface area contributed by atoms with Crippen molar-refractivity contribution in [1.29, 1.82) is 0 Å². The second kappa shape index (κ2) is 7.57. The summed E-state index contributed by atoms with van der Waals surface area (Å²) in [5.41, 5.74) is 0.101. The van der Waals surface area contributed by atoms with Crippen molar-refractivity contribution in [1.82, 2.24) is 5.32 Å². The van der Waals surface area contributed by atoms with E-state index < -0.39 is 17.9 Å². The maximum atomic E-state index is 13.1. The molecule has 1 N–H and O–H groups in total. The van der Waals surface area contributed by atoms with E-state index in [2.05, 4.69) is 19.2 Å². The van der Waals surface area contributed by atoms with E-state index in [1.54, 1.807) is 0 Å². The van der Waals surface area contributed by atoms with E-state index in [0.29, 0.717) is 11.8 Å². The standard InChI is InChI=1S/C18H24FNO3/c1-11-6-4-9-16(12(11)2)20-17(21)13(3)23-18(22)14-7-5-8-15(19)10-14/h5,7-8,10-13,16H,4,6,9H2,1-3H3,(H,20,21)/t11-,12-,13-,16+/m1/s1. The highest BCUT2D eigenvalue weighted by atomic mass is 19.1. The van der Waals surface area contributed by atoms with Gasteiger partial charge in [-0.25, -0.2) is 9.18 Å². The molecule has 1 aliphatic carbocycles. The van der Waals surface area contributed by atoms with E-state index in [9.17, 15) is 14.0 Å². The fourth-order valence-corrected chi connectivity index (χ4v) is 2.98. The SMILES string of the molecule is C[C@@H]1[C@H](C)CCC[C@@H]1NC(=O)[C@@H](C)OC(=O)c1cccc(F)c1. The highest BCUT2D eigenvalue weighted by molar-refractivity contribution is 5.92. The summed E-state index contributed by atoms with van der Waals surface area (Å²) < 4.78 is 18.3. The van der Waals surface area contributed by atoms with E-state index in [1.807, 2.05) is 0 Å². The fraction of sp³-hybridized carbons (Fsp3) is 0.556. The van der Waals surface area contributed by atoms with Gasteiger partial charge in [-0.3, -0.25) is 4.79 Å². The molecule has 1 saturated carbocycles. The average molecular weight is 321 g/mol. The first-order valence-electron chi connectivity index (χ1n) is 8.15. The molecule has 0 radical (unpaired) electrons. The number of hydrogen-bond acceptors (Lipinski definition) is 3. The van der Waals surface area contributed by atoms with Crippen LogP contribution >= 0.6 is 0 Å². The van der Waals surface area contributed by atoms with Gasteiger partial charge in [-0.2, -0.15) is 0 Å². The Bertz CT molecular complexity index is 575. The predicted molar refractivity (Wildman–Crippen MR) is 85.4 cm³/mol. The molecule has 4 atom stereocenters. The minimum Gasteiger partial charge on any atom is -0.449 e. The van der Waals surface area contributed by atoms with Crippen molar-refractivity contribution in [3.63, 3.8) is 0 Å². The Labute approximate surface area is 136 Å². The maximum Gasteiger partial charge on any atom is 0.339 e. The molecule has 0 unspecified atom stereocenters. The van der Waals surface area contributed by atoms with Gasteiger partial charge in [0, 0.05) is 6.04 Å². The number of amides is 1.